The third kappa shape index (κ3) is 2.58. The monoisotopic (exact) mass is 251 g/mol. The summed E-state index contributed by atoms with van der Waals surface area (Å²) in [6.07, 6.45) is 4.51. The van der Waals surface area contributed by atoms with Crippen LogP contribution >= 0.6 is 0 Å². The van der Waals surface area contributed by atoms with Gasteiger partial charge in [-0.1, -0.05) is 39.3 Å². The summed E-state index contributed by atoms with van der Waals surface area (Å²) in [6.45, 7) is 10.7. The van der Waals surface area contributed by atoms with Crippen molar-refractivity contribution in [1.82, 2.24) is 15.5 Å². The smallest absolute Gasteiger partial charge is 0.232 e. The van der Waals surface area contributed by atoms with Gasteiger partial charge in [-0.15, -0.1) is 0 Å². The molecule has 1 aliphatic rings. The standard InChI is InChI=1S/C14H25N3O/c1-5-6-14(7-9-15-10-8-14)12-16-11(17-18-12)13(2,3)4/h15H,5-10H2,1-4H3. The zero-order valence-electron chi connectivity index (χ0n) is 12.0. The van der Waals surface area contributed by atoms with Gasteiger partial charge in [0, 0.05) is 5.41 Å². The Morgan fingerprint density at radius 1 is 1.28 bits per heavy atom. The minimum atomic E-state index is -0.0396. The molecule has 4 heteroatoms. The van der Waals surface area contributed by atoms with E-state index in [0.29, 0.717) is 0 Å². The molecule has 1 aromatic heterocycles. The fraction of sp³-hybridized carbons (Fsp3) is 0.857. The molecule has 1 aromatic rings. The first kappa shape index (κ1) is 13.5. The summed E-state index contributed by atoms with van der Waals surface area (Å²) in [5, 5.41) is 7.60. The van der Waals surface area contributed by atoms with Gasteiger partial charge in [0.05, 0.1) is 5.41 Å². The van der Waals surface area contributed by atoms with Gasteiger partial charge in [0.1, 0.15) is 0 Å². The van der Waals surface area contributed by atoms with Crippen molar-refractivity contribution in [3.05, 3.63) is 11.7 Å². The molecule has 1 N–H and O–H groups in total. The topological polar surface area (TPSA) is 51.0 Å². The van der Waals surface area contributed by atoms with Crippen LogP contribution in [0.25, 0.3) is 0 Å². The lowest BCUT2D eigenvalue weighted by atomic mass is 9.75. The molecule has 0 radical (unpaired) electrons. The van der Waals surface area contributed by atoms with Gasteiger partial charge in [0.15, 0.2) is 5.82 Å². The fourth-order valence-corrected chi connectivity index (χ4v) is 2.70. The van der Waals surface area contributed by atoms with Crippen LogP contribution in [-0.4, -0.2) is 23.2 Å². The van der Waals surface area contributed by atoms with E-state index in [0.717, 1.165) is 50.5 Å². The SMILES string of the molecule is CCCC1(c2nc(C(C)(C)C)no2)CCNCC1. The van der Waals surface area contributed by atoms with Crippen LogP contribution < -0.4 is 5.32 Å². The third-order valence-corrected chi connectivity index (χ3v) is 3.84. The fourth-order valence-electron chi connectivity index (χ4n) is 2.70. The Kier molecular flexibility index (Phi) is 3.76. The molecule has 1 saturated heterocycles. The number of aromatic nitrogens is 2. The number of nitrogens with one attached hydrogen (secondary N) is 1. The number of hydrogen-bond acceptors (Lipinski definition) is 4. The van der Waals surface area contributed by atoms with Crippen LogP contribution in [0.1, 0.15) is 65.1 Å². The van der Waals surface area contributed by atoms with Crippen LogP contribution in [0.5, 0.6) is 0 Å². The Bertz CT molecular complexity index is 380. The Morgan fingerprint density at radius 2 is 1.94 bits per heavy atom. The van der Waals surface area contributed by atoms with Crippen molar-refractivity contribution in [1.29, 1.82) is 0 Å². The summed E-state index contributed by atoms with van der Waals surface area (Å²) >= 11 is 0. The van der Waals surface area contributed by atoms with Crippen LogP contribution in [0.2, 0.25) is 0 Å². The lowest BCUT2D eigenvalue weighted by Gasteiger charge is -2.34. The first-order valence-corrected chi connectivity index (χ1v) is 7.03. The summed E-state index contributed by atoms with van der Waals surface area (Å²) in [7, 11) is 0. The van der Waals surface area contributed by atoms with E-state index in [1.165, 1.54) is 0 Å². The molecule has 0 saturated carbocycles. The third-order valence-electron chi connectivity index (χ3n) is 3.84. The van der Waals surface area contributed by atoms with Crippen molar-refractivity contribution < 1.29 is 4.52 Å². The minimum Gasteiger partial charge on any atom is -0.339 e. The van der Waals surface area contributed by atoms with Gasteiger partial charge in [-0.3, -0.25) is 0 Å². The van der Waals surface area contributed by atoms with Crippen LogP contribution in [0.3, 0.4) is 0 Å². The average Bonchev–Trinajstić information content (AvgIpc) is 2.80. The summed E-state index contributed by atoms with van der Waals surface area (Å²) in [4.78, 5) is 4.69. The maximum atomic E-state index is 5.60. The quantitative estimate of drug-likeness (QED) is 0.897. The van der Waals surface area contributed by atoms with Crippen LogP contribution in [0.15, 0.2) is 4.52 Å². The van der Waals surface area contributed by atoms with Gasteiger partial charge < -0.3 is 9.84 Å². The van der Waals surface area contributed by atoms with Gasteiger partial charge in [-0.25, -0.2) is 0 Å². The number of rotatable bonds is 3. The molecule has 2 heterocycles. The number of hydrogen-bond donors (Lipinski definition) is 1. The number of piperidine rings is 1. The summed E-state index contributed by atoms with van der Waals surface area (Å²) in [6, 6.07) is 0. The summed E-state index contributed by atoms with van der Waals surface area (Å²) in [5.41, 5.74) is 0.0680. The van der Waals surface area contributed by atoms with Gasteiger partial charge in [-0.05, 0) is 32.4 Å². The molecule has 0 spiro atoms. The molecular formula is C14H25N3O. The molecule has 102 valence electrons. The summed E-state index contributed by atoms with van der Waals surface area (Å²) < 4.78 is 5.60. The Hall–Kier alpha value is -0.900. The molecule has 2 rings (SSSR count). The van der Waals surface area contributed by atoms with E-state index in [-0.39, 0.29) is 10.8 Å². The van der Waals surface area contributed by atoms with E-state index in [1.54, 1.807) is 0 Å². The predicted octanol–water partition coefficient (Wildman–Crippen LogP) is 2.79. The van der Waals surface area contributed by atoms with E-state index in [1.807, 2.05) is 0 Å². The van der Waals surface area contributed by atoms with Crippen LogP contribution in [-0.2, 0) is 10.8 Å². The van der Waals surface area contributed by atoms with Crippen LogP contribution in [0, 0.1) is 0 Å². The van der Waals surface area contributed by atoms with Crippen molar-refractivity contribution in [3.63, 3.8) is 0 Å². The zero-order valence-corrected chi connectivity index (χ0v) is 12.0. The van der Waals surface area contributed by atoms with Crippen molar-refractivity contribution in [2.75, 3.05) is 13.1 Å². The van der Waals surface area contributed by atoms with E-state index in [4.69, 9.17) is 9.51 Å². The van der Waals surface area contributed by atoms with E-state index < -0.39 is 0 Å². The first-order valence-electron chi connectivity index (χ1n) is 7.03. The van der Waals surface area contributed by atoms with Gasteiger partial charge in [0.2, 0.25) is 5.89 Å². The van der Waals surface area contributed by atoms with Gasteiger partial charge in [-0.2, -0.15) is 4.98 Å². The highest BCUT2D eigenvalue weighted by Gasteiger charge is 2.39. The second-order valence-electron chi connectivity index (χ2n) is 6.45. The molecule has 0 amide bonds. The molecule has 0 aliphatic carbocycles. The van der Waals surface area contributed by atoms with Crippen molar-refractivity contribution in [3.8, 4) is 0 Å². The molecule has 1 aliphatic heterocycles. The highest BCUT2D eigenvalue weighted by atomic mass is 16.5. The van der Waals surface area contributed by atoms with E-state index in [9.17, 15) is 0 Å². The Labute approximate surface area is 110 Å². The van der Waals surface area contributed by atoms with Crippen LogP contribution in [0.4, 0.5) is 0 Å². The minimum absolute atomic E-state index is 0.0396. The number of nitrogens with zero attached hydrogens (tertiary/aromatic N) is 2. The van der Waals surface area contributed by atoms with Crippen molar-refractivity contribution in [2.24, 2.45) is 0 Å². The molecule has 1 fully saturated rings. The molecule has 0 bridgehead atoms. The van der Waals surface area contributed by atoms with Gasteiger partial charge in [0.25, 0.3) is 0 Å². The lowest BCUT2D eigenvalue weighted by Crippen LogP contribution is -2.40. The zero-order chi connectivity index (χ0) is 13.2. The maximum absolute atomic E-state index is 5.60. The Balaban J connectivity index is 2.28. The molecule has 0 aromatic carbocycles. The normalized spacial score (nSPS) is 20.0. The molecule has 0 atom stereocenters. The highest BCUT2D eigenvalue weighted by molar-refractivity contribution is 5.10. The largest absolute Gasteiger partial charge is 0.339 e. The molecule has 0 unspecified atom stereocenters. The molecular weight excluding hydrogens is 226 g/mol. The maximum Gasteiger partial charge on any atom is 0.232 e. The van der Waals surface area contributed by atoms with E-state index >= 15 is 0 Å². The van der Waals surface area contributed by atoms with Crippen molar-refractivity contribution >= 4 is 0 Å². The molecule has 18 heavy (non-hydrogen) atoms. The highest BCUT2D eigenvalue weighted by Crippen LogP contribution is 2.37. The average molecular weight is 251 g/mol. The summed E-state index contributed by atoms with van der Waals surface area (Å²) in [5.74, 6) is 1.68. The lowest BCUT2D eigenvalue weighted by molar-refractivity contribution is 0.208. The second-order valence-corrected chi connectivity index (χ2v) is 6.45. The van der Waals surface area contributed by atoms with E-state index in [2.05, 4.69) is 38.2 Å². The first-order chi connectivity index (χ1) is 8.48. The predicted molar refractivity (Wildman–Crippen MR) is 71.7 cm³/mol. The second kappa shape index (κ2) is 5.00. The van der Waals surface area contributed by atoms with Crippen molar-refractivity contribution in [2.45, 2.75) is 64.2 Å². The Morgan fingerprint density at radius 3 is 2.44 bits per heavy atom. The molecule has 4 nitrogen and oxygen atoms in total. The van der Waals surface area contributed by atoms with Gasteiger partial charge >= 0.3 is 0 Å².